The molecule has 2 rings (SSSR count). The number of thiophene rings is 1. The molecule has 2 aromatic heterocycles. The molecule has 0 saturated carbocycles. The lowest BCUT2D eigenvalue weighted by molar-refractivity contribution is -0.117. The number of primary amides is 1. The van der Waals surface area contributed by atoms with Crippen LogP contribution in [0.4, 0.5) is 0 Å². The topological polar surface area (TPSA) is 84.7 Å². The average Bonchev–Trinajstić information content (AvgIpc) is 2.91. The molecule has 0 aliphatic heterocycles. The third-order valence-corrected chi connectivity index (χ3v) is 3.97. The molecule has 3 N–H and O–H groups in total. The Balaban J connectivity index is 1.98. The van der Waals surface area contributed by atoms with Crippen molar-refractivity contribution in [1.82, 2.24) is 15.2 Å². The molecule has 17 heavy (non-hydrogen) atoms. The molecular formula is C10H12N4OS2. The number of nitrogens with two attached hydrogens (primary N) is 1. The van der Waals surface area contributed by atoms with Gasteiger partial charge in [-0.25, -0.2) is 4.98 Å². The lowest BCUT2D eigenvalue weighted by atomic mass is 10.3. The van der Waals surface area contributed by atoms with Crippen molar-refractivity contribution in [1.29, 1.82) is 0 Å². The fraction of sp³-hybridized carbons (Fsp3) is 0.300. The lowest BCUT2D eigenvalue weighted by Crippen LogP contribution is -2.22. The van der Waals surface area contributed by atoms with E-state index in [4.69, 9.17) is 5.73 Å². The third kappa shape index (κ3) is 3.31. The fourth-order valence-electron chi connectivity index (χ4n) is 1.20. The first-order valence-electron chi connectivity index (χ1n) is 5.05. The number of carbonyl (C=O) groups excluding carboxylic acids is 1. The molecule has 1 unspecified atom stereocenters. The number of rotatable bonds is 5. The van der Waals surface area contributed by atoms with Crippen molar-refractivity contribution in [3.63, 3.8) is 0 Å². The van der Waals surface area contributed by atoms with Crippen LogP contribution in [0.5, 0.6) is 0 Å². The quantitative estimate of drug-likeness (QED) is 0.803. The van der Waals surface area contributed by atoms with Crippen LogP contribution in [0.2, 0.25) is 0 Å². The van der Waals surface area contributed by atoms with E-state index in [1.165, 1.54) is 16.6 Å². The van der Waals surface area contributed by atoms with Crippen molar-refractivity contribution < 1.29 is 4.79 Å². The first-order valence-corrected chi connectivity index (χ1v) is 6.80. The van der Waals surface area contributed by atoms with E-state index in [9.17, 15) is 4.79 Å². The van der Waals surface area contributed by atoms with Crippen molar-refractivity contribution in [2.24, 2.45) is 5.73 Å². The number of amides is 1. The number of H-pyrrole nitrogens is 1. The Kier molecular flexibility index (Phi) is 3.80. The van der Waals surface area contributed by atoms with Crippen LogP contribution >= 0.6 is 23.1 Å². The number of nitrogens with one attached hydrogen (secondary N) is 1. The summed E-state index contributed by atoms with van der Waals surface area (Å²) in [6.07, 6.45) is 0.732. The predicted octanol–water partition coefficient (Wildman–Crippen LogP) is 1.42. The lowest BCUT2D eigenvalue weighted by Gasteiger charge is -2.01. The maximum atomic E-state index is 10.9. The van der Waals surface area contributed by atoms with Crippen molar-refractivity contribution in [2.45, 2.75) is 23.8 Å². The molecule has 0 saturated heterocycles. The predicted molar refractivity (Wildman–Crippen MR) is 68.0 cm³/mol. The first-order chi connectivity index (χ1) is 8.15. The normalized spacial score (nSPS) is 12.5. The van der Waals surface area contributed by atoms with Gasteiger partial charge in [0.1, 0.15) is 5.82 Å². The Morgan fingerprint density at radius 1 is 1.71 bits per heavy atom. The van der Waals surface area contributed by atoms with Crippen LogP contribution in [0.15, 0.2) is 22.7 Å². The highest BCUT2D eigenvalue weighted by Gasteiger charge is 2.14. The summed E-state index contributed by atoms with van der Waals surface area (Å²) >= 11 is 2.94. The molecule has 1 amide bonds. The van der Waals surface area contributed by atoms with Gasteiger partial charge in [-0.05, 0) is 18.4 Å². The van der Waals surface area contributed by atoms with E-state index in [2.05, 4.69) is 15.2 Å². The van der Waals surface area contributed by atoms with Crippen LogP contribution in [0, 0.1) is 0 Å². The summed E-state index contributed by atoms with van der Waals surface area (Å²) in [5.41, 5.74) is 5.18. The summed E-state index contributed by atoms with van der Waals surface area (Å²) in [5, 5.41) is 9.17. The molecule has 0 radical (unpaired) electrons. The fourth-order valence-corrected chi connectivity index (χ4v) is 2.61. The number of thioether (sulfide) groups is 1. The summed E-state index contributed by atoms with van der Waals surface area (Å²) in [6.45, 7) is 1.74. The molecule has 0 spiro atoms. The standard InChI is InChI=1S/C10H12N4OS2/c1-6(9(11)15)17-10-12-8(13-14-10)5-7-3-2-4-16-7/h2-4,6H,5H2,1H3,(H2,11,15)(H,12,13,14). The molecule has 90 valence electrons. The molecule has 0 fully saturated rings. The number of hydrogen-bond acceptors (Lipinski definition) is 5. The number of aromatic nitrogens is 3. The molecule has 1 atom stereocenters. The number of nitrogens with zero attached hydrogens (tertiary/aromatic N) is 2. The van der Waals surface area contributed by atoms with Gasteiger partial charge in [-0.15, -0.1) is 16.4 Å². The van der Waals surface area contributed by atoms with Gasteiger partial charge in [-0.1, -0.05) is 17.8 Å². The van der Waals surface area contributed by atoms with Crippen molar-refractivity contribution in [3.8, 4) is 0 Å². The summed E-state index contributed by atoms with van der Waals surface area (Å²) in [5.74, 6) is 0.436. The summed E-state index contributed by atoms with van der Waals surface area (Å²) < 4.78 is 0. The molecule has 5 nitrogen and oxygen atoms in total. The second-order valence-corrected chi connectivity index (χ2v) is 5.82. The third-order valence-electron chi connectivity index (χ3n) is 2.12. The number of aromatic amines is 1. The van der Waals surface area contributed by atoms with Crippen LogP contribution in [-0.2, 0) is 11.2 Å². The highest BCUT2D eigenvalue weighted by molar-refractivity contribution is 8.00. The zero-order valence-electron chi connectivity index (χ0n) is 9.21. The van der Waals surface area contributed by atoms with Gasteiger partial charge in [0, 0.05) is 11.3 Å². The molecule has 0 aliphatic carbocycles. The van der Waals surface area contributed by atoms with Crippen molar-refractivity contribution >= 4 is 29.0 Å². The van der Waals surface area contributed by atoms with Gasteiger partial charge in [0.25, 0.3) is 0 Å². The zero-order valence-corrected chi connectivity index (χ0v) is 10.8. The summed E-state index contributed by atoms with van der Waals surface area (Å²) in [4.78, 5) is 16.4. The van der Waals surface area contributed by atoms with Gasteiger partial charge in [0.15, 0.2) is 0 Å². The number of carbonyl (C=O) groups is 1. The average molecular weight is 268 g/mol. The highest BCUT2D eigenvalue weighted by Crippen LogP contribution is 2.19. The second kappa shape index (κ2) is 5.33. The smallest absolute Gasteiger partial charge is 0.230 e. The van der Waals surface area contributed by atoms with Crippen LogP contribution in [-0.4, -0.2) is 26.3 Å². The van der Waals surface area contributed by atoms with E-state index >= 15 is 0 Å². The Bertz CT molecular complexity index is 494. The molecular weight excluding hydrogens is 256 g/mol. The minimum Gasteiger partial charge on any atom is -0.369 e. The summed E-state index contributed by atoms with van der Waals surface area (Å²) in [6, 6.07) is 4.05. The Morgan fingerprint density at radius 2 is 2.53 bits per heavy atom. The van der Waals surface area contributed by atoms with Crippen LogP contribution in [0.3, 0.4) is 0 Å². The van der Waals surface area contributed by atoms with Crippen molar-refractivity contribution in [3.05, 3.63) is 28.2 Å². The van der Waals surface area contributed by atoms with Gasteiger partial charge in [-0.2, -0.15) is 0 Å². The first kappa shape index (κ1) is 12.1. The Morgan fingerprint density at radius 3 is 3.18 bits per heavy atom. The summed E-state index contributed by atoms with van der Waals surface area (Å²) in [7, 11) is 0. The van der Waals surface area contributed by atoms with E-state index in [1.807, 2.05) is 17.5 Å². The SMILES string of the molecule is CC(Sc1n[nH]c(Cc2cccs2)n1)C(N)=O. The van der Waals surface area contributed by atoms with Gasteiger partial charge in [-0.3, -0.25) is 9.89 Å². The van der Waals surface area contributed by atoms with Crippen LogP contribution in [0.1, 0.15) is 17.6 Å². The maximum Gasteiger partial charge on any atom is 0.230 e. The van der Waals surface area contributed by atoms with Crippen LogP contribution < -0.4 is 5.73 Å². The van der Waals surface area contributed by atoms with Gasteiger partial charge >= 0.3 is 0 Å². The van der Waals surface area contributed by atoms with Gasteiger partial charge in [0.05, 0.1) is 5.25 Å². The second-order valence-electron chi connectivity index (χ2n) is 3.48. The Hall–Kier alpha value is -1.34. The Labute approximate surface area is 107 Å². The van der Waals surface area contributed by atoms with Gasteiger partial charge in [0.2, 0.25) is 11.1 Å². The van der Waals surface area contributed by atoms with Gasteiger partial charge < -0.3 is 5.73 Å². The maximum absolute atomic E-state index is 10.9. The molecule has 0 aromatic carbocycles. The highest BCUT2D eigenvalue weighted by atomic mass is 32.2. The largest absolute Gasteiger partial charge is 0.369 e. The zero-order chi connectivity index (χ0) is 12.3. The molecule has 7 heteroatoms. The van der Waals surface area contributed by atoms with E-state index in [0.29, 0.717) is 5.16 Å². The number of hydrogen-bond donors (Lipinski definition) is 2. The van der Waals surface area contributed by atoms with Crippen molar-refractivity contribution in [2.75, 3.05) is 0 Å². The van der Waals surface area contributed by atoms with E-state index in [1.54, 1.807) is 18.3 Å². The van der Waals surface area contributed by atoms with E-state index in [-0.39, 0.29) is 11.2 Å². The molecule has 2 heterocycles. The van der Waals surface area contributed by atoms with Crippen LogP contribution in [0.25, 0.3) is 0 Å². The molecule has 0 aliphatic rings. The van der Waals surface area contributed by atoms with E-state index in [0.717, 1.165) is 12.2 Å². The monoisotopic (exact) mass is 268 g/mol. The minimum absolute atomic E-state index is 0.319. The minimum atomic E-state index is -0.361. The molecule has 0 bridgehead atoms. The van der Waals surface area contributed by atoms with E-state index < -0.39 is 0 Å². The molecule has 2 aromatic rings.